The highest BCUT2D eigenvalue weighted by Crippen LogP contribution is 1.89. The van der Waals surface area contributed by atoms with Gasteiger partial charge in [0, 0.05) is 0 Å². The number of carboxylic acids is 1. The Morgan fingerprint density at radius 3 is 2.67 bits per heavy atom. The van der Waals surface area contributed by atoms with Crippen LogP contribution in [0.2, 0.25) is 0 Å². The van der Waals surface area contributed by atoms with Gasteiger partial charge in [-0.25, -0.2) is 4.79 Å². The molecule has 0 aromatic carbocycles. The molecule has 1 atom stereocenters. The minimum Gasteiger partial charge on any atom is -0.487 e. The van der Waals surface area contributed by atoms with Crippen molar-refractivity contribution in [2.45, 2.75) is 20.0 Å². The third kappa shape index (κ3) is 3.58. The molecule has 0 aromatic heterocycles. The molecule has 0 fully saturated rings. The lowest BCUT2D eigenvalue weighted by atomic mass is 10.4. The van der Waals surface area contributed by atoms with E-state index in [2.05, 4.69) is 4.74 Å². The number of rotatable bonds is 3. The molecule has 0 saturated carbocycles. The fourth-order valence-corrected chi connectivity index (χ4v) is 0.255. The van der Waals surface area contributed by atoms with Crippen LogP contribution < -0.4 is 0 Å². The van der Waals surface area contributed by atoms with E-state index in [1.807, 2.05) is 0 Å². The molecule has 9 heavy (non-hydrogen) atoms. The van der Waals surface area contributed by atoms with E-state index in [9.17, 15) is 4.79 Å². The Bertz CT molecular complexity index is 117. The Hall–Kier alpha value is -0.990. The first-order valence-corrected chi connectivity index (χ1v) is 2.68. The van der Waals surface area contributed by atoms with Gasteiger partial charge in [0.15, 0.2) is 6.10 Å². The fraction of sp³-hybridized carbons (Fsp3) is 0.500. The highest BCUT2D eigenvalue weighted by atomic mass is 16.5. The van der Waals surface area contributed by atoms with E-state index in [0.29, 0.717) is 0 Å². The van der Waals surface area contributed by atoms with Gasteiger partial charge in [0.05, 0.1) is 6.26 Å². The smallest absolute Gasteiger partial charge is 0.344 e. The molecule has 1 unspecified atom stereocenters. The molecule has 0 amide bonds. The molecule has 0 aliphatic rings. The van der Waals surface area contributed by atoms with Crippen LogP contribution in [0.5, 0.6) is 0 Å². The molecule has 52 valence electrons. The summed E-state index contributed by atoms with van der Waals surface area (Å²) in [6.45, 7) is 3.23. The van der Waals surface area contributed by atoms with Crippen molar-refractivity contribution in [3.63, 3.8) is 0 Å². The van der Waals surface area contributed by atoms with Crippen molar-refractivity contribution in [1.82, 2.24) is 0 Å². The van der Waals surface area contributed by atoms with Crippen LogP contribution >= 0.6 is 0 Å². The van der Waals surface area contributed by atoms with Crippen molar-refractivity contribution in [1.29, 1.82) is 0 Å². The van der Waals surface area contributed by atoms with Gasteiger partial charge in [0.1, 0.15) is 0 Å². The van der Waals surface area contributed by atoms with E-state index in [4.69, 9.17) is 5.11 Å². The van der Waals surface area contributed by atoms with Crippen LogP contribution in [0, 0.1) is 0 Å². The van der Waals surface area contributed by atoms with Gasteiger partial charge in [-0.1, -0.05) is 6.08 Å². The van der Waals surface area contributed by atoms with Gasteiger partial charge < -0.3 is 9.84 Å². The molecule has 0 aliphatic carbocycles. The zero-order chi connectivity index (χ0) is 7.28. The van der Waals surface area contributed by atoms with Gasteiger partial charge in [-0.05, 0) is 13.8 Å². The van der Waals surface area contributed by atoms with Crippen molar-refractivity contribution in [2.75, 3.05) is 0 Å². The van der Waals surface area contributed by atoms with Crippen molar-refractivity contribution in [3.8, 4) is 0 Å². The Balaban J connectivity index is 3.50. The first-order chi connectivity index (χ1) is 4.18. The molecule has 3 nitrogen and oxygen atoms in total. The molecule has 1 N–H and O–H groups in total. The number of hydrogen-bond acceptors (Lipinski definition) is 2. The Labute approximate surface area is 53.9 Å². The lowest BCUT2D eigenvalue weighted by molar-refractivity contribution is -0.145. The lowest BCUT2D eigenvalue weighted by Gasteiger charge is -2.03. The van der Waals surface area contributed by atoms with Crippen LogP contribution in [0.1, 0.15) is 13.8 Å². The van der Waals surface area contributed by atoms with Gasteiger partial charge in [0.2, 0.25) is 0 Å². The van der Waals surface area contributed by atoms with E-state index in [0.717, 1.165) is 0 Å². The number of hydrogen-bond donors (Lipinski definition) is 1. The average Bonchev–Trinajstić information content (AvgIpc) is 1.82. The molecular weight excluding hydrogens is 120 g/mol. The van der Waals surface area contributed by atoms with Crippen LogP contribution in [0.3, 0.4) is 0 Å². The second kappa shape index (κ2) is 3.95. The maximum atomic E-state index is 10.0. The summed E-state index contributed by atoms with van der Waals surface area (Å²) in [5.41, 5.74) is 0. The molecule has 0 aromatic rings. The number of ether oxygens (including phenoxy) is 1. The standard InChI is InChI=1S/C6H10O3/c1-3-4-9-5(2)6(7)8/h3-5H,1-2H3,(H,7,8). The van der Waals surface area contributed by atoms with Gasteiger partial charge in [-0.2, -0.15) is 0 Å². The molecule has 3 heteroatoms. The van der Waals surface area contributed by atoms with Gasteiger partial charge in [-0.3, -0.25) is 0 Å². The van der Waals surface area contributed by atoms with E-state index < -0.39 is 12.1 Å². The van der Waals surface area contributed by atoms with Crippen molar-refractivity contribution >= 4 is 5.97 Å². The van der Waals surface area contributed by atoms with Crippen LogP contribution in [0.15, 0.2) is 12.3 Å². The number of aliphatic carboxylic acids is 1. The number of allylic oxidation sites excluding steroid dienone is 1. The molecule has 0 radical (unpaired) electrons. The first kappa shape index (κ1) is 8.01. The Morgan fingerprint density at radius 2 is 2.33 bits per heavy atom. The molecule has 0 spiro atoms. The highest BCUT2D eigenvalue weighted by molar-refractivity contribution is 5.71. The maximum absolute atomic E-state index is 10.0. The third-order valence-electron chi connectivity index (χ3n) is 0.767. The van der Waals surface area contributed by atoms with E-state index in [-0.39, 0.29) is 0 Å². The van der Waals surface area contributed by atoms with E-state index in [1.54, 1.807) is 13.0 Å². The van der Waals surface area contributed by atoms with Crippen LogP contribution in [-0.4, -0.2) is 17.2 Å². The highest BCUT2D eigenvalue weighted by Gasteiger charge is 2.07. The molecule has 0 rings (SSSR count). The lowest BCUT2D eigenvalue weighted by Crippen LogP contribution is -2.16. The summed E-state index contributed by atoms with van der Waals surface area (Å²) in [5.74, 6) is -0.951. The zero-order valence-electron chi connectivity index (χ0n) is 5.50. The summed E-state index contributed by atoms with van der Waals surface area (Å²) in [6.07, 6.45) is 2.25. The van der Waals surface area contributed by atoms with Crippen molar-refractivity contribution in [2.24, 2.45) is 0 Å². The molecule has 0 saturated heterocycles. The topological polar surface area (TPSA) is 46.5 Å². The minimum atomic E-state index is -0.951. The summed E-state index contributed by atoms with van der Waals surface area (Å²) in [7, 11) is 0. The van der Waals surface area contributed by atoms with Crippen LogP contribution in [0.4, 0.5) is 0 Å². The second-order valence-corrected chi connectivity index (χ2v) is 1.59. The summed E-state index contributed by atoms with van der Waals surface area (Å²) in [6, 6.07) is 0. The molecule has 0 heterocycles. The van der Waals surface area contributed by atoms with Gasteiger partial charge in [-0.15, -0.1) is 0 Å². The summed E-state index contributed by atoms with van der Waals surface area (Å²) < 4.78 is 4.67. The summed E-state index contributed by atoms with van der Waals surface area (Å²) in [5, 5.41) is 8.25. The SMILES string of the molecule is CC=COC(C)C(=O)O. The van der Waals surface area contributed by atoms with Crippen molar-refractivity contribution in [3.05, 3.63) is 12.3 Å². The predicted molar refractivity (Wildman–Crippen MR) is 33.0 cm³/mol. The molecule has 0 bridgehead atoms. The predicted octanol–water partition coefficient (Wildman–Crippen LogP) is 1.01. The first-order valence-electron chi connectivity index (χ1n) is 2.68. The summed E-state index contributed by atoms with van der Waals surface area (Å²) >= 11 is 0. The van der Waals surface area contributed by atoms with Crippen LogP contribution in [0.25, 0.3) is 0 Å². The van der Waals surface area contributed by atoms with Gasteiger partial charge in [0.25, 0.3) is 0 Å². The zero-order valence-corrected chi connectivity index (χ0v) is 5.50. The number of carbonyl (C=O) groups is 1. The van der Waals surface area contributed by atoms with Gasteiger partial charge >= 0.3 is 5.97 Å². The average molecular weight is 130 g/mol. The molecule has 0 aliphatic heterocycles. The molecular formula is C6H10O3. The Kier molecular flexibility index (Phi) is 3.51. The monoisotopic (exact) mass is 130 g/mol. The Morgan fingerprint density at radius 1 is 1.78 bits per heavy atom. The largest absolute Gasteiger partial charge is 0.487 e. The third-order valence-corrected chi connectivity index (χ3v) is 0.767. The maximum Gasteiger partial charge on any atom is 0.344 e. The quantitative estimate of drug-likeness (QED) is 0.580. The summed E-state index contributed by atoms with van der Waals surface area (Å²) in [4.78, 5) is 10.0. The van der Waals surface area contributed by atoms with E-state index >= 15 is 0 Å². The minimum absolute atomic E-state index is 0.749. The normalized spacial score (nSPS) is 13.6. The van der Waals surface area contributed by atoms with E-state index in [1.165, 1.54) is 13.2 Å². The van der Waals surface area contributed by atoms with Crippen LogP contribution in [-0.2, 0) is 9.53 Å². The number of carboxylic acid groups (broad SMARTS) is 1. The second-order valence-electron chi connectivity index (χ2n) is 1.59. The van der Waals surface area contributed by atoms with Crippen molar-refractivity contribution < 1.29 is 14.6 Å². The fourth-order valence-electron chi connectivity index (χ4n) is 0.255.